The largest absolute Gasteiger partial charge is 0.383 e. The molecule has 0 radical (unpaired) electrons. The summed E-state index contributed by atoms with van der Waals surface area (Å²) in [6.07, 6.45) is 0.580. The molecule has 4 rings (SSSR count). The highest BCUT2D eigenvalue weighted by Gasteiger charge is 2.25. The molecule has 0 saturated carbocycles. The topological polar surface area (TPSA) is 81.4 Å². The Hall–Kier alpha value is -2.86. The lowest BCUT2D eigenvalue weighted by Crippen LogP contribution is -2.26. The molecule has 0 spiro atoms. The van der Waals surface area contributed by atoms with Crippen molar-refractivity contribution in [2.45, 2.75) is 6.42 Å². The number of hydrogen-bond donors (Lipinski definition) is 2. The molecule has 0 saturated heterocycles. The number of amides is 2. The van der Waals surface area contributed by atoms with Gasteiger partial charge in [0.05, 0.1) is 16.7 Å². The fourth-order valence-corrected chi connectivity index (χ4v) is 4.14. The van der Waals surface area contributed by atoms with Gasteiger partial charge in [-0.3, -0.25) is 9.59 Å². The first-order valence-electron chi connectivity index (χ1n) is 9.71. The molecule has 31 heavy (non-hydrogen) atoms. The second kappa shape index (κ2) is 8.71. The second-order valence-electron chi connectivity index (χ2n) is 7.34. The number of benzene rings is 3. The highest BCUT2D eigenvalue weighted by atomic mass is 35.5. The number of primary amides is 1. The maximum absolute atomic E-state index is 12.5. The summed E-state index contributed by atoms with van der Waals surface area (Å²) in [6, 6.07) is 14.7. The van der Waals surface area contributed by atoms with Crippen molar-refractivity contribution in [3.05, 3.63) is 80.8 Å². The third-order valence-corrected chi connectivity index (χ3v) is 6.13. The predicted octanol–water partition coefficient (Wildman–Crippen LogP) is 4.71. The van der Waals surface area contributed by atoms with E-state index in [1.165, 1.54) is 0 Å². The van der Waals surface area contributed by atoms with E-state index in [0.717, 1.165) is 33.4 Å². The number of hydrogen-bond acceptors (Lipinski definition) is 3. The zero-order chi connectivity index (χ0) is 22.1. The summed E-state index contributed by atoms with van der Waals surface area (Å²) in [5, 5.41) is 3.71. The number of carbonyl (C=O) groups excluding carboxylic acids is 2. The van der Waals surface area contributed by atoms with Gasteiger partial charge >= 0.3 is 0 Å². The van der Waals surface area contributed by atoms with Gasteiger partial charge in [0.2, 0.25) is 5.91 Å². The molecule has 0 heterocycles. The summed E-state index contributed by atoms with van der Waals surface area (Å²) >= 11 is 12.2. The quantitative estimate of drug-likeness (QED) is 0.414. The van der Waals surface area contributed by atoms with Crippen LogP contribution in [-0.4, -0.2) is 32.1 Å². The smallest absolute Gasteiger partial charge is 0.251 e. The first-order valence-corrected chi connectivity index (χ1v) is 10.5. The molecule has 0 aromatic heterocycles. The molecule has 0 unspecified atom stereocenters. The van der Waals surface area contributed by atoms with Crippen molar-refractivity contribution >= 4 is 35.0 Å². The average molecular weight is 455 g/mol. The number of fused-ring (bicyclic) bond motifs is 3. The van der Waals surface area contributed by atoms with Crippen LogP contribution < -0.4 is 11.1 Å². The molecular formula is C24H20Cl2N2O3. The molecule has 0 atom stereocenters. The Kier molecular flexibility index (Phi) is 6.01. The van der Waals surface area contributed by atoms with Crippen molar-refractivity contribution in [2.75, 3.05) is 20.3 Å². The molecule has 1 aliphatic carbocycles. The number of methoxy groups -OCH3 is 1. The van der Waals surface area contributed by atoms with Crippen LogP contribution in [0.2, 0.25) is 10.0 Å². The van der Waals surface area contributed by atoms with Gasteiger partial charge in [0, 0.05) is 24.8 Å². The molecule has 1 aliphatic rings. The van der Waals surface area contributed by atoms with Crippen LogP contribution in [0.4, 0.5) is 0 Å². The molecular weight excluding hydrogens is 435 g/mol. The van der Waals surface area contributed by atoms with E-state index < -0.39 is 5.91 Å². The SMILES string of the molecule is COCCNC(=O)c1ccc2c(c1)-c1cc(-c3ccc(Cl)c(Cl)c3)cc(C(N)=O)c1C2. The summed E-state index contributed by atoms with van der Waals surface area (Å²) in [4.78, 5) is 24.7. The second-order valence-corrected chi connectivity index (χ2v) is 8.15. The van der Waals surface area contributed by atoms with E-state index in [1.54, 1.807) is 31.4 Å². The van der Waals surface area contributed by atoms with E-state index in [2.05, 4.69) is 5.32 Å². The van der Waals surface area contributed by atoms with Crippen molar-refractivity contribution in [2.24, 2.45) is 5.73 Å². The number of nitrogens with one attached hydrogen (secondary N) is 1. The van der Waals surface area contributed by atoms with Crippen LogP contribution in [0.3, 0.4) is 0 Å². The molecule has 0 bridgehead atoms. The first kappa shape index (κ1) is 21.4. The van der Waals surface area contributed by atoms with Gasteiger partial charge in [0.25, 0.3) is 5.91 Å². The fourth-order valence-electron chi connectivity index (χ4n) is 3.85. The van der Waals surface area contributed by atoms with Crippen LogP contribution >= 0.6 is 23.2 Å². The lowest BCUT2D eigenvalue weighted by molar-refractivity contribution is 0.0936. The van der Waals surface area contributed by atoms with Crippen LogP contribution in [0, 0.1) is 0 Å². The molecule has 158 valence electrons. The van der Waals surface area contributed by atoms with E-state index in [4.69, 9.17) is 33.7 Å². The van der Waals surface area contributed by atoms with E-state index in [0.29, 0.717) is 40.7 Å². The van der Waals surface area contributed by atoms with E-state index in [1.807, 2.05) is 24.3 Å². The minimum atomic E-state index is -0.497. The molecule has 0 aliphatic heterocycles. The molecule has 5 nitrogen and oxygen atoms in total. The Bertz CT molecular complexity index is 1210. The van der Waals surface area contributed by atoms with Crippen LogP contribution in [0.5, 0.6) is 0 Å². The van der Waals surface area contributed by atoms with Gasteiger partial charge in [0.1, 0.15) is 0 Å². The van der Waals surface area contributed by atoms with Crippen molar-refractivity contribution in [3.63, 3.8) is 0 Å². The normalized spacial score (nSPS) is 11.7. The lowest BCUT2D eigenvalue weighted by Gasteiger charge is -2.12. The van der Waals surface area contributed by atoms with Crippen LogP contribution in [0.25, 0.3) is 22.3 Å². The van der Waals surface area contributed by atoms with Crippen LogP contribution in [-0.2, 0) is 11.2 Å². The van der Waals surface area contributed by atoms with E-state index in [-0.39, 0.29) is 5.91 Å². The van der Waals surface area contributed by atoms with Crippen molar-refractivity contribution in [1.82, 2.24) is 5.32 Å². The first-order chi connectivity index (χ1) is 14.9. The summed E-state index contributed by atoms with van der Waals surface area (Å²) in [6.45, 7) is 0.866. The lowest BCUT2D eigenvalue weighted by atomic mass is 9.93. The predicted molar refractivity (Wildman–Crippen MR) is 123 cm³/mol. The highest BCUT2D eigenvalue weighted by molar-refractivity contribution is 6.42. The average Bonchev–Trinajstić information content (AvgIpc) is 3.12. The molecule has 0 fully saturated rings. The van der Waals surface area contributed by atoms with Gasteiger partial charge in [-0.15, -0.1) is 0 Å². The van der Waals surface area contributed by atoms with E-state index >= 15 is 0 Å². The Labute approximate surface area is 190 Å². The van der Waals surface area contributed by atoms with Gasteiger partial charge in [-0.2, -0.15) is 0 Å². The van der Waals surface area contributed by atoms with E-state index in [9.17, 15) is 9.59 Å². The fraction of sp³-hybridized carbons (Fsp3) is 0.167. The maximum atomic E-state index is 12.5. The van der Waals surface area contributed by atoms with Gasteiger partial charge in [-0.05, 0) is 76.2 Å². The Balaban J connectivity index is 1.80. The van der Waals surface area contributed by atoms with Gasteiger partial charge in [-0.1, -0.05) is 35.3 Å². The maximum Gasteiger partial charge on any atom is 0.251 e. The number of carbonyl (C=O) groups is 2. The number of ether oxygens (including phenoxy) is 1. The number of halogens is 2. The Morgan fingerprint density at radius 2 is 1.81 bits per heavy atom. The molecule has 7 heteroatoms. The van der Waals surface area contributed by atoms with Crippen LogP contribution in [0.1, 0.15) is 31.8 Å². The molecule has 3 aromatic rings. The van der Waals surface area contributed by atoms with Gasteiger partial charge in [0.15, 0.2) is 0 Å². The summed E-state index contributed by atoms with van der Waals surface area (Å²) in [5.74, 6) is -0.674. The standard InChI is InChI=1S/C24H20Cl2N2O3/c1-31-7-6-28-24(30)15-3-2-14-8-19-18(17(14)9-15)10-16(11-20(19)23(27)29)13-4-5-21(25)22(26)12-13/h2-5,9-12H,6-8H2,1H3,(H2,27,29)(H,28,30). The number of rotatable bonds is 6. The van der Waals surface area contributed by atoms with Crippen molar-refractivity contribution < 1.29 is 14.3 Å². The Morgan fingerprint density at radius 1 is 1.00 bits per heavy atom. The third-order valence-electron chi connectivity index (χ3n) is 5.39. The van der Waals surface area contributed by atoms with Crippen LogP contribution in [0.15, 0.2) is 48.5 Å². The third kappa shape index (κ3) is 4.17. The minimum Gasteiger partial charge on any atom is -0.383 e. The zero-order valence-corrected chi connectivity index (χ0v) is 18.3. The van der Waals surface area contributed by atoms with Crippen molar-refractivity contribution in [3.8, 4) is 22.3 Å². The zero-order valence-electron chi connectivity index (χ0n) is 16.8. The number of nitrogens with two attached hydrogens (primary N) is 1. The Morgan fingerprint density at radius 3 is 2.52 bits per heavy atom. The molecule has 3 aromatic carbocycles. The summed E-state index contributed by atoms with van der Waals surface area (Å²) in [7, 11) is 1.58. The molecule has 3 N–H and O–H groups in total. The summed E-state index contributed by atoms with van der Waals surface area (Å²) < 4.78 is 4.98. The molecule has 2 amide bonds. The van der Waals surface area contributed by atoms with Gasteiger partial charge < -0.3 is 15.8 Å². The van der Waals surface area contributed by atoms with Crippen molar-refractivity contribution in [1.29, 1.82) is 0 Å². The monoisotopic (exact) mass is 454 g/mol. The highest BCUT2D eigenvalue weighted by Crippen LogP contribution is 2.42. The summed E-state index contributed by atoms with van der Waals surface area (Å²) in [5.41, 5.74) is 12.0. The minimum absolute atomic E-state index is 0.177. The van der Waals surface area contributed by atoms with Gasteiger partial charge in [-0.25, -0.2) is 0 Å².